The van der Waals surface area contributed by atoms with E-state index in [1.165, 1.54) is 0 Å². The van der Waals surface area contributed by atoms with Crippen molar-refractivity contribution in [1.29, 1.82) is 0 Å². The van der Waals surface area contributed by atoms with Gasteiger partial charge in [0.05, 0.1) is 20.1 Å². The Kier molecular flexibility index (Phi) is 7.22. The fourth-order valence-corrected chi connectivity index (χ4v) is 1.92. The van der Waals surface area contributed by atoms with Crippen LogP contribution in [-0.2, 0) is 9.59 Å². The van der Waals surface area contributed by atoms with E-state index in [1.54, 1.807) is 32.2 Å². The van der Waals surface area contributed by atoms with E-state index in [0.29, 0.717) is 17.9 Å². The first-order valence-corrected chi connectivity index (χ1v) is 7.27. The van der Waals surface area contributed by atoms with Crippen LogP contribution < -0.4 is 14.8 Å². The Hall–Kier alpha value is -2.24. The number of amides is 1. The summed E-state index contributed by atoms with van der Waals surface area (Å²) in [6, 6.07) is 6.27. The normalized spacial score (nSPS) is 13.0. The molecule has 122 valence electrons. The highest BCUT2D eigenvalue weighted by atomic mass is 16.5. The minimum Gasteiger partial charge on any atom is -0.493 e. The lowest BCUT2D eigenvalue weighted by Crippen LogP contribution is -2.45. The zero-order chi connectivity index (χ0) is 16.5. The van der Waals surface area contributed by atoms with Crippen molar-refractivity contribution in [3.05, 3.63) is 24.3 Å². The van der Waals surface area contributed by atoms with Crippen LogP contribution in [0.25, 0.3) is 0 Å². The van der Waals surface area contributed by atoms with Gasteiger partial charge in [0.2, 0.25) is 5.91 Å². The van der Waals surface area contributed by atoms with Gasteiger partial charge in [0, 0.05) is 0 Å². The van der Waals surface area contributed by atoms with Gasteiger partial charge in [-0.3, -0.25) is 4.79 Å². The van der Waals surface area contributed by atoms with Crippen LogP contribution in [0.2, 0.25) is 0 Å². The Bertz CT molecular complexity index is 503. The molecule has 6 heteroatoms. The Morgan fingerprint density at radius 1 is 1.27 bits per heavy atom. The Labute approximate surface area is 130 Å². The largest absolute Gasteiger partial charge is 0.493 e. The molecule has 22 heavy (non-hydrogen) atoms. The zero-order valence-electron chi connectivity index (χ0n) is 13.2. The highest BCUT2D eigenvalue weighted by molar-refractivity contribution is 5.83. The van der Waals surface area contributed by atoms with E-state index in [9.17, 15) is 9.59 Å². The van der Waals surface area contributed by atoms with Gasteiger partial charge in [0.1, 0.15) is 6.04 Å². The molecule has 0 unspecified atom stereocenters. The van der Waals surface area contributed by atoms with Gasteiger partial charge in [0.15, 0.2) is 11.5 Å². The second-order valence-corrected chi connectivity index (χ2v) is 5.02. The first-order chi connectivity index (χ1) is 10.5. The van der Waals surface area contributed by atoms with Gasteiger partial charge in [-0.15, -0.1) is 0 Å². The summed E-state index contributed by atoms with van der Waals surface area (Å²) in [5, 5.41) is 11.7. The minimum atomic E-state index is -1.02. The number of carboxylic acid groups (broad SMARTS) is 1. The predicted octanol–water partition coefficient (Wildman–Crippen LogP) is 2.08. The number of carboxylic acids is 1. The molecule has 0 spiro atoms. The van der Waals surface area contributed by atoms with Crippen molar-refractivity contribution in [3.63, 3.8) is 0 Å². The molecule has 0 aromatic heterocycles. The van der Waals surface area contributed by atoms with E-state index in [0.717, 1.165) is 0 Å². The molecule has 0 heterocycles. The number of rotatable bonds is 9. The third-order valence-corrected chi connectivity index (χ3v) is 3.45. The van der Waals surface area contributed by atoms with Crippen LogP contribution in [0, 0.1) is 5.92 Å². The van der Waals surface area contributed by atoms with E-state index in [2.05, 4.69) is 5.32 Å². The number of benzene rings is 1. The molecule has 0 aliphatic carbocycles. The van der Waals surface area contributed by atoms with E-state index >= 15 is 0 Å². The van der Waals surface area contributed by atoms with Crippen molar-refractivity contribution in [2.75, 3.05) is 13.7 Å². The molecule has 0 bridgehead atoms. The number of para-hydroxylation sites is 2. The number of nitrogens with one attached hydrogen (secondary N) is 1. The maximum atomic E-state index is 11.8. The summed E-state index contributed by atoms with van der Waals surface area (Å²) in [6.07, 6.45) is 0.757. The first-order valence-electron chi connectivity index (χ1n) is 7.27. The van der Waals surface area contributed by atoms with Crippen molar-refractivity contribution in [2.24, 2.45) is 5.92 Å². The second-order valence-electron chi connectivity index (χ2n) is 5.02. The van der Waals surface area contributed by atoms with Crippen molar-refractivity contribution in [3.8, 4) is 11.5 Å². The molecule has 0 saturated carbocycles. The summed E-state index contributed by atoms with van der Waals surface area (Å²) in [5.74, 6) is -0.354. The Balaban J connectivity index is 2.47. The summed E-state index contributed by atoms with van der Waals surface area (Å²) >= 11 is 0. The van der Waals surface area contributed by atoms with E-state index < -0.39 is 12.0 Å². The molecule has 1 amide bonds. The standard InChI is InChI=1S/C16H23NO5/c1-4-11(2)15(16(19)20)17-14(18)9-10-22-13-8-6-5-7-12(13)21-3/h5-8,11,15H,4,9-10H2,1-3H3,(H,17,18)(H,19,20)/t11-,15-/m0/s1. The molecular weight excluding hydrogens is 286 g/mol. The number of carbonyl (C=O) groups excluding carboxylic acids is 1. The monoisotopic (exact) mass is 309 g/mol. The summed E-state index contributed by atoms with van der Waals surface area (Å²) in [4.78, 5) is 23.0. The van der Waals surface area contributed by atoms with Crippen LogP contribution in [0.4, 0.5) is 0 Å². The first kappa shape index (κ1) is 17.8. The molecule has 6 nitrogen and oxygen atoms in total. The highest BCUT2D eigenvalue weighted by Crippen LogP contribution is 2.25. The van der Waals surface area contributed by atoms with Crippen LogP contribution >= 0.6 is 0 Å². The van der Waals surface area contributed by atoms with Crippen molar-refractivity contribution in [2.45, 2.75) is 32.7 Å². The molecule has 0 radical (unpaired) electrons. The van der Waals surface area contributed by atoms with E-state index in [-0.39, 0.29) is 24.9 Å². The third kappa shape index (κ3) is 5.27. The predicted molar refractivity (Wildman–Crippen MR) is 82.1 cm³/mol. The average molecular weight is 309 g/mol. The van der Waals surface area contributed by atoms with Crippen molar-refractivity contribution >= 4 is 11.9 Å². The van der Waals surface area contributed by atoms with Gasteiger partial charge in [0.25, 0.3) is 0 Å². The number of hydrogen-bond acceptors (Lipinski definition) is 4. The van der Waals surface area contributed by atoms with Gasteiger partial charge >= 0.3 is 5.97 Å². The van der Waals surface area contributed by atoms with Crippen molar-refractivity contribution in [1.82, 2.24) is 5.32 Å². The zero-order valence-corrected chi connectivity index (χ0v) is 13.2. The Morgan fingerprint density at radius 3 is 2.45 bits per heavy atom. The van der Waals surface area contributed by atoms with Crippen LogP contribution in [0.5, 0.6) is 11.5 Å². The number of methoxy groups -OCH3 is 1. The lowest BCUT2D eigenvalue weighted by atomic mass is 9.99. The van der Waals surface area contributed by atoms with Gasteiger partial charge in [-0.1, -0.05) is 32.4 Å². The maximum absolute atomic E-state index is 11.8. The summed E-state index contributed by atoms with van der Waals surface area (Å²) in [6.45, 7) is 3.83. The SMILES string of the molecule is CC[C@H](C)[C@H](NC(=O)CCOc1ccccc1OC)C(=O)O. The van der Waals surface area contributed by atoms with Crippen LogP contribution in [0.3, 0.4) is 0 Å². The van der Waals surface area contributed by atoms with Gasteiger partial charge in [-0.25, -0.2) is 4.79 Å². The molecular formula is C16H23NO5. The molecule has 1 aromatic rings. The van der Waals surface area contributed by atoms with Crippen LogP contribution in [0.15, 0.2) is 24.3 Å². The molecule has 0 aliphatic heterocycles. The van der Waals surface area contributed by atoms with Gasteiger partial charge in [-0.2, -0.15) is 0 Å². The fourth-order valence-electron chi connectivity index (χ4n) is 1.92. The number of aliphatic carboxylic acids is 1. The third-order valence-electron chi connectivity index (χ3n) is 3.45. The summed E-state index contributed by atoms with van der Waals surface area (Å²) in [7, 11) is 1.54. The second kappa shape index (κ2) is 8.92. The fraction of sp³-hybridized carbons (Fsp3) is 0.500. The molecule has 2 N–H and O–H groups in total. The molecule has 0 fully saturated rings. The number of carbonyl (C=O) groups is 2. The number of ether oxygens (including phenoxy) is 2. The van der Waals surface area contributed by atoms with Crippen LogP contribution in [0.1, 0.15) is 26.7 Å². The van der Waals surface area contributed by atoms with E-state index in [1.807, 2.05) is 13.0 Å². The van der Waals surface area contributed by atoms with Crippen LogP contribution in [-0.4, -0.2) is 36.7 Å². The van der Waals surface area contributed by atoms with Gasteiger partial charge in [-0.05, 0) is 18.1 Å². The summed E-state index contributed by atoms with van der Waals surface area (Å²) in [5.41, 5.74) is 0. The molecule has 2 atom stereocenters. The maximum Gasteiger partial charge on any atom is 0.326 e. The topological polar surface area (TPSA) is 84.9 Å². The highest BCUT2D eigenvalue weighted by Gasteiger charge is 2.25. The summed E-state index contributed by atoms with van der Waals surface area (Å²) < 4.78 is 10.6. The smallest absolute Gasteiger partial charge is 0.326 e. The molecule has 0 aliphatic rings. The Morgan fingerprint density at radius 2 is 1.91 bits per heavy atom. The molecule has 0 saturated heterocycles. The number of hydrogen-bond donors (Lipinski definition) is 2. The average Bonchev–Trinajstić information content (AvgIpc) is 2.52. The lowest BCUT2D eigenvalue weighted by molar-refractivity contribution is -0.143. The van der Waals surface area contributed by atoms with Crippen molar-refractivity contribution < 1.29 is 24.2 Å². The lowest BCUT2D eigenvalue weighted by Gasteiger charge is -2.20. The molecule has 1 aromatic carbocycles. The quantitative estimate of drug-likeness (QED) is 0.729. The van der Waals surface area contributed by atoms with E-state index in [4.69, 9.17) is 14.6 Å². The van der Waals surface area contributed by atoms with Gasteiger partial charge < -0.3 is 19.9 Å². The molecule has 1 rings (SSSR count). The minimum absolute atomic E-state index is 0.0816.